The number of carbonyl (C=O) groups is 1. The summed E-state index contributed by atoms with van der Waals surface area (Å²) in [6.07, 6.45) is 5.87. The second-order valence-corrected chi connectivity index (χ2v) is 7.46. The fourth-order valence-electron chi connectivity index (χ4n) is 3.71. The van der Waals surface area contributed by atoms with E-state index in [4.69, 9.17) is 17.3 Å². The van der Waals surface area contributed by atoms with Crippen molar-refractivity contribution < 1.29 is 4.79 Å². The lowest BCUT2D eigenvalue weighted by atomic mass is 9.84. The third-order valence-electron chi connectivity index (χ3n) is 5.06. The highest BCUT2D eigenvalue weighted by Crippen LogP contribution is 2.26. The van der Waals surface area contributed by atoms with Crippen molar-refractivity contribution in [2.75, 3.05) is 6.54 Å². The van der Waals surface area contributed by atoms with E-state index >= 15 is 0 Å². The highest BCUT2D eigenvalue weighted by Gasteiger charge is 2.25. The number of aryl methyl sites for hydroxylation is 2. The summed E-state index contributed by atoms with van der Waals surface area (Å²) < 4.78 is 1.71. The lowest BCUT2D eigenvalue weighted by molar-refractivity contribution is 0.0910. The summed E-state index contributed by atoms with van der Waals surface area (Å²) in [5, 5.41) is 7.80. The normalized spacial score (nSPS) is 15.9. The highest BCUT2D eigenvalue weighted by molar-refractivity contribution is 6.33. The predicted molar refractivity (Wildman–Crippen MR) is 110 cm³/mol. The molecular formula is C19H27Cl2N5O. The van der Waals surface area contributed by atoms with E-state index in [1.165, 1.54) is 19.3 Å². The van der Waals surface area contributed by atoms with Crippen LogP contribution in [0, 0.1) is 19.8 Å². The third-order valence-corrected chi connectivity index (χ3v) is 5.37. The summed E-state index contributed by atoms with van der Waals surface area (Å²) in [6, 6.07) is 5.37. The van der Waals surface area contributed by atoms with Gasteiger partial charge in [-0.05, 0) is 50.8 Å². The molecule has 3 N–H and O–H groups in total. The van der Waals surface area contributed by atoms with Gasteiger partial charge in [0.25, 0.3) is 5.91 Å². The quantitative estimate of drug-likeness (QED) is 0.786. The Morgan fingerprint density at radius 2 is 2.04 bits per heavy atom. The first-order valence-corrected chi connectivity index (χ1v) is 9.58. The second kappa shape index (κ2) is 9.53. The van der Waals surface area contributed by atoms with Gasteiger partial charge in [-0.15, -0.1) is 12.4 Å². The third kappa shape index (κ3) is 5.00. The molecule has 0 bridgehead atoms. The monoisotopic (exact) mass is 411 g/mol. The van der Waals surface area contributed by atoms with Crippen LogP contribution in [0.25, 0.3) is 5.82 Å². The zero-order chi connectivity index (χ0) is 18.7. The molecule has 6 nitrogen and oxygen atoms in total. The van der Waals surface area contributed by atoms with E-state index < -0.39 is 0 Å². The molecule has 0 aromatic carbocycles. The van der Waals surface area contributed by atoms with Gasteiger partial charge in [-0.1, -0.05) is 30.9 Å². The Balaban J connectivity index is 0.00000261. The molecule has 1 fully saturated rings. The van der Waals surface area contributed by atoms with Gasteiger partial charge in [0.05, 0.1) is 10.7 Å². The summed E-state index contributed by atoms with van der Waals surface area (Å²) >= 11 is 6.25. The number of nitrogens with one attached hydrogen (secondary N) is 1. The van der Waals surface area contributed by atoms with E-state index in [1.807, 2.05) is 19.9 Å². The number of amides is 1. The molecule has 1 saturated carbocycles. The lowest BCUT2D eigenvalue weighted by Gasteiger charge is -2.30. The van der Waals surface area contributed by atoms with Gasteiger partial charge >= 0.3 is 0 Å². The minimum absolute atomic E-state index is 0. The van der Waals surface area contributed by atoms with Crippen molar-refractivity contribution in [3.05, 3.63) is 40.3 Å². The van der Waals surface area contributed by atoms with Gasteiger partial charge < -0.3 is 11.1 Å². The molecule has 1 amide bonds. The van der Waals surface area contributed by atoms with Crippen LogP contribution in [0.1, 0.15) is 54.0 Å². The van der Waals surface area contributed by atoms with Crippen molar-refractivity contribution in [3.8, 4) is 5.82 Å². The summed E-state index contributed by atoms with van der Waals surface area (Å²) in [6.45, 7) is 4.29. The van der Waals surface area contributed by atoms with Crippen LogP contribution in [0.3, 0.4) is 0 Å². The van der Waals surface area contributed by atoms with Crippen molar-refractivity contribution in [1.82, 2.24) is 20.1 Å². The van der Waals surface area contributed by atoms with Crippen LogP contribution in [-0.4, -0.2) is 33.3 Å². The Labute approximate surface area is 171 Å². The number of rotatable bonds is 5. The summed E-state index contributed by atoms with van der Waals surface area (Å²) in [7, 11) is 0. The first kappa shape index (κ1) is 21.7. The van der Waals surface area contributed by atoms with Crippen molar-refractivity contribution in [2.24, 2.45) is 11.7 Å². The predicted octanol–water partition coefficient (Wildman–Crippen LogP) is 3.60. The van der Waals surface area contributed by atoms with E-state index in [9.17, 15) is 4.79 Å². The van der Waals surface area contributed by atoms with Gasteiger partial charge in [-0.25, -0.2) is 9.67 Å². The van der Waals surface area contributed by atoms with Crippen LogP contribution in [0.2, 0.25) is 5.02 Å². The van der Waals surface area contributed by atoms with E-state index in [2.05, 4.69) is 15.4 Å². The fourth-order valence-corrected chi connectivity index (χ4v) is 3.90. The van der Waals surface area contributed by atoms with Crippen LogP contribution < -0.4 is 11.1 Å². The number of carbonyl (C=O) groups excluding carboxylic acids is 1. The van der Waals surface area contributed by atoms with E-state index in [1.54, 1.807) is 16.8 Å². The van der Waals surface area contributed by atoms with Crippen LogP contribution in [0.5, 0.6) is 0 Å². The molecule has 0 spiro atoms. The molecule has 2 aromatic rings. The molecule has 148 valence electrons. The molecule has 3 rings (SSSR count). The van der Waals surface area contributed by atoms with Crippen molar-refractivity contribution in [3.63, 3.8) is 0 Å². The number of pyridine rings is 1. The maximum Gasteiger partial charge on any atom is 0.271 e. The molecule has 27 heavy (non-hydrogen) atoms. The molecule has 1 aliphatic rings. The maximum atomic E-state index is 12.8. The Morgan fingerprint density at radius 3 is 2.63 bits per heavy atom. The highest BCUT2D eigenvalue weighted by atomic mass is 35.5. The van der Waals surface area contributed by atoms with Gasteiger partial charge in [0.1, 0.15) is 5.69 Å². The Bertz CT molecular complexity index is 786. The minimum Gasteiger partial charge on any atom is -0.346 e. The number of nitrogens with two attached hydrogens (primary N) is 1. The Morgan fingerprint density at radius 1 is 1.33 bits per heavy atom. The zero-order valence-electron chi connectivity index (χ0n) is 15.7. The molecule has 0 saturated heterocycles. The molecule has 1 unspecified atom stereocenters. The number of aromatic nitrogens is 3. The molecule has 2 aromatic heterocycles. The number of hydrogen-bond donors (Lipinski definition) is 2. The van der Waals surface area contributed by atoms with Crippen molar-refractivity contribution in [2.45, 2.75) is 52.0 Å². The van der Waals surface area contributed by atoms with Crippen molar-refractivity contribution in [1.29, 1.82) is 0 Å². The van der Waals surface area contributed by atoms with Crippen LogP contribution in [-0.2, 0) is 0 Å². The summed E-state index contributed by atoms with van der Waals surface area (Å²) in [4.78, 5) is 17.3. The molecule has 2 heterocycles. The lowest BCUT2D eigenvalue weighted by Crippen LogP contribution is -2.46. The second-order valence-electron chi connectivity index (χ2n) is 7.05. The maximum absolute atomic E-state index is 12.8. The van der Waals surface area contributed by atoms with E-state index in [0.29, 0.717) is 23.3 Å². The van der Waals surface area contributed by atoms with Crippen molar-refractivity contribution >= 4 is 29.9 Å². The molecule has 1 aliphatic carbocycles. The van der Waals surface area contributed by atoms with Crippen LogP contribution >= 0.6 is 24.0 Å². The first-order chi connectivity index (χ1) is 12.5. The van der Waals surface area contributed by atoms with Crippen LogP contribution in [0.15, 0.2) is 18.2 Å². The molecular weight excluding hydrogens is 385 g/mol. The smallest absolute Gasteiger partial charge is 0.271 e. The fraction of sp³-hybridized carbons (Fsp3) is 0.526. The Hall–Kier alpha value is -1.63. The first-order valence-electron chi connectivity index (χ1n) is 9.20. The Kier molecular flexibility index (Phi) is 7.65. The standard InChI is InChI=1S/C19H26ClN5O.ClH/c1-12-10-13(2)25(24-12)17-9-8-15(20)18(23-17)19(26)22-16(11-21)14-6-4-3-5-7-14;/h8-10,14,16H,3-7,11,21H2,1-2H3,(H,22,26);1H. The average molecular weight is 412 g/mol. The van der Waals surface area contributed by atoms with E-state index in [-0.39, 0.29) is 30.0 Å². The van der Waals surface area contributed by atoms with Gasteiger partial charge in [-0.3, -0.25) is 4.79 Å². The van der Waals surface area contributed by atoms with Gasteiger partial charge in [-0.2, -0.15) is 5.10 Å². The SMILES string of the molecule is Cc1cc(C)n(-c2ccc(Cl)c(C(=O)NC(CN)C3CCCCC3)n2)n1.Cl. The average Bonchev–Trinajstić information content (AvgIpc) is 2.98. The topological polar surface area (TPSA) is 85.8 Å². The molecule has 1 atom stereocenters. The molecule has 8 heteroatoms. The van der Waals surface area contributed by atoms with Gasteiger partial charge in [0.2, 0.25) is 0 Å². The largest absolute Gasteiger partial charge is 0.346 e. The number of nitrogens with zero attached hydrogens (tertiary/aromatic N) is 3. The summed E-state index contributed by atoms with van der Waals surface area (Å²) in [5.74, 6) is 0.724. The van der Waals surface area contributed by atoms with Crippen LogP contribution in [0.4, 0.5) is 0 Å². The summed E-state index contributed by atoms with van der Waals surface area (Å²) in [5.41, 5.74) is 7.99. The molecule has 0 radical (unpaired) electrons. The van der Waals surface area contributed by atoms with Gasteiger partial charge in [0.15, 0.2) is 5.82 Å². The van der Waals surface area contributed by atoms with E-state index in [0.717, 1.165) is 24.2 Å². The molecule has 0 aliphatic heterocycles. The number of halogens is 2. The minimum atomic E-state index is -0.278. The number of hydrogen-bond acceptors (Lipinski definition) is 4. The van der Waals surface area contributed by atoms with Gasteiger partial charge in [0, 0.05) is 18.3 Å². The zero-order valence-corrected chi connectivity index (χ0v) is 17.3.